The zero-order chi connectivity index (χ0) is 19.2. The zero-order valence-electron chi connectivity index (χ0n) is 16.2. The van der Waals surface area contributed by atoms with Gasteiger partial charge in [0.05, 0.1) is 6.61 Å². The smallest absolute Gasteiger partial charge is 0.261 e. The van der Waals surface area contributed by atoms with Gasteiger partial charge in [-0.25, -0.2) is 0 Å². The van der Waals surface area contributed by atoms with E-state index in [-0.39, 0.29) is 11.5 Å². The molecule has 0 atom stereocenters. The van der Waals surface area contributed by atoms with Gasteiger partial charge in [-0.3, -0.25) is 9.59 Å². The second-order valence-corrected chi connectivity index (χ2v) is 6.96. The first-order valence-corrected chi connectivity index (χ1v) is 9.93. The van der Waals surface area contributed by atoms with Crippen LogP contribution in [0.15, 0.2) is 35.1 Å². The van der Waals surface area contributed by atoms with Crippen molar-refractivity contribution in [1.29, 1.82) is 0 Å². The van der Waals surface area contributed by atoms with Crippen LogP contribution in [-0.2, 0) is 19.4 Å². The number of amides is 1. The molecule has 0 spiro atoms. The lowest BCUT2D eigenvalue weighted by molar-refractivity contribution is 0.102. The third-order valence-corrected chi connectivity index (χ3v) is 4.98. The molecule has 0 saturated heterocycles. The summed E-state index contributed by atoms with van der Waals surface area (Å²) >= 11 is 0. The fourth-order valence-electron chi connectivity index (χ4n) is 3.58. The molecule has 1 aromatic carbocycles. The molecule has 2 heterocycles. The Morgan fingerprint density at radius 3 is 2.67 bits per heavy atom. The van der Waals surface area contributed by atoms with Crippen LogP contribution in [0.25, 0.3) is 0 Å². The van der Waals surface area contributed by atoms with Gasteiger partial charge in [-0.15, -0.1) is 0 Å². The highest BCUT2D eigenvalue weighted by Gasteiger charge is 2.24. The quantitative estimate of drug-likeness (QED) is 0.798. The fraction of sp³-hybridized carbons (Fsp3) is 0.455. The zero-order valence-corrected chi connectivity index (χ0v) is 16.2. The van der Waals surface area contributed by atoms with Crippen LogP contribution in [0.4, 0.5) is 5.69 Å². The molecule has 0 saturated carbocycles. The van der Waals surface area contributed by atoms with E-state index in [9.17, 15) is 9.59 Å². The molecule has 5 heteroatoms. The number of rotatable bonds is 7. The number of aryl methyl sites for hydroxylation is 1. The molecule has 1 amide bonds. The van der Waals surface area contributed by atoms with Crippen LogP contribution in [0.2, 0.25) is 0 Å². The summed E-state index contributed by atoms with van der Waals surface area (Å²) in [6.07, 6.45) is 6.03. The highest BCUT2D eigenvalue weighted by molar-refractivity contribution is 6.07. The molecular formula is C22H28N2O3. The third-order valence-electron chi connectivity index (χ3n) is 4.98. The summed E-state index contributed by atoms with van der Waals surface area (Å²) in [7, 11) is 0. The summed E-state index contributed by atoms with van der Waals surface area (Å²) in [5.41, 5.74) is 3.21. The van der Waals surface area contributed by atoms with Crippen molar-refractivity contribution in [3.63, 3.8) is 0 Å². The number of hydrogen-bond acceptors (Lipinski definition) is 3. The van der Waals surface area contributed by atoms with Crippen LogP contribution < -0.4 is 15.6 Å². The van der Waals surface area contributed by atoms with Crippen molar-refractivity contribution in [3.8, 4) is 5.75 Å². The normalized spacial score (nSPS) is 13.1. The number of aromatic nitrogens is 1. The molecule has 3 rings (SSSR count). The predicted molar refractivity (Wildman–Crippen MR) is 108 cm³/mol. The van der Waals surface area contributed by atoms with Crippen molar-refractivity contribution in [2.45, 2.75) is 58.9 Å². The molecule has 144 valence electrons. The number of ether oxygens (including phenoxy) is 1. The van der Waals surface area contributed by atoms with Crippen molar-refractivity contribution in [1.82, 2.24) is 4.57 Å². The number of pyridine rings is 1. The summed E-state index contributed by atoms with van der Waals surface area (Å²) in [6.45, 7) is 5.10. The topological polar surface area (TPSA) is 60.3 Å². The van der Waals surface area contributed by atoms with Crippen molar-refractivity contribution in [2.75, 3.05) is 11.9 Å². The Hall–Kier alpha value is -2.56. The van der Waals surface area contributed by atoms with Crippen molar-refractivity contribution in [2.24, 2.45) is 0 Å². The van der Waals surface area contributed by atoms with Gasteiger partial charge in [-0.2, -0.15) is 0 Å². The van der Waals surface area contributed by atoms with E-state index in [1.54, 1.807) is 4.57 Å². The monoisotopic (exact) mass is 368 g/mol. The van der Waals surface area contributed by atoms with Crippen molar-refractivity contribution >= 4 is 11.6 Å². The standard InChI is InChI=1S/C22H28N2O3/c1-3-5-8-16-10-12-17(13-11-16)23-22(26)21-18-9-6-7-14-24(18)20(25)15-19(21)27-4-2/h10-13,15H,3-9,14H2,1-2H3,(H,23,26). The molecular weight excluding hydrogens is 340 g/mol. The summed E-state index contributed by atoms with van der Waals surface area (Å²) in [5, 5.41) is 2.98. The Balaban J connectivity index is 1.88. The van der Waals surface area contributed by atoms with E-state index in [2.05, 4.69) is 24.4 Å². The van der Waals surface area contributed by atoms with E-state index in [0.29, 0.717) is 24.5 Å². The number of nitrogens with zero attached hydrogens (tertiary/aromatic N) is 1. The highest BCUT2D eigenvalue weighted by Crippen LogP contribution is 2.26. The Labute approximate surface area is 160 Å². The predicted octanol–water partition coefficient (Wildman–Crippen LogP) is 4.18. The van der Waals surface area contributed by atoms with Gasteiger partial charge in [0, 0.05) is 24.0 Å². The molecule has 0 radical (unpaired) electrons. The van der Waals surface area contributed by atoms with Crippen LogP contribution in [0.5, 0.6) is 5.75 Å². The number of nitrogens with one attached hydrogen (secondary N) is 1. The minimum atomic E-state index is -0.217. The summed E-state index contributed by atoms with van der Waals surface area (Å²) < 4.78 is 7.35. The number of unbranched alkanes of at least 4 members (excludes halogenated alkanes) is 1. The number of hydrogen-bond donors (Lipinski definition) is 1. The van der Waals surface area contributed by atoms with Crippen LogP contribution in [0.3, 0.4) is 0 Å². The summed E-state index contributed by atoms with van der Waals surface area (Å²) in [6, 6.07) is 9.43. The van der Waals surface area contributed by atoms with E-state index in [1.807, 2.05) is 19.1 Å². The molecule has 5 nitrogen and oxygen atoms in total. The van der Waals surface area contributed by atoms with Gasteiger partial charge in [0.15, 0.2) is 0 Å². The number of benzene rings is 1. The van der Waals surface area contributed by atoms with Crippen molar-refractivity contribution < 1.29 is 9.53 Å². The Bertz CT molecular complexity index is 853. The molecule has 27 heavy (non-hydrogen) atoms. The molecule has 1 N–H and O–H groups in total. The van der Waals surface area contributed by atoms with Crippen molar-refractivity contribution in [3.05, 3.63) is 57.5 Å². The first-order chi connectivity index (χ1) is 13.1. The largest absolute Gasteiger partial charge is 0.493 e. The molecule has 2 aromatic rings. The SMILES string of the molecule is CCCCc1ccc(NC(=O)c2c(OCC)cc(=O)n3c2CCCC3)cc1. The number of fused-ring (bicyclic) bond motifs is 1. The van der Waals surface area contributed by atoms with E-state index in [4.69, 9.17) is 4.74 Å². The van der Waals surface area contributed by atoms with Gasteiger partial charge in [-0.1, -0.05) is 25.5 Å². The van der Waals surface area contributed by atoms with Crippen LogP contribution in [0.1, 0.15) is 61.1 Å². The first-order valence-electron chi connectivity index (χ1n) is 9.93. The fourth-order valence-corrected chi connectivity index (χ4v) is 3.58. The van der Waals surface area contributed by atoms with Gasteiger partial charge in [0.2, 0.25) is 0 Å². The molecule has 0 unspecified atom stereocenters. The molecule has 0 aliphatic carbocycles. The lowest BCUT2D eigenvalue weighted by Gasteiger charge is -2.23. The Morgan fingerprint density at radius 1 is 1.19 bits per heavy atom. The van der Waals surface area contributed by atoms with Gasteiger partial charge in [-0.05, 0) is 56.7 Å². The third kappa shape index (κ3) is 4.41. The second kappa shape index (κ2) is 8.89. The molecule has 1 aliphatic heterocycles. The Kier molecular flexibility index (Phi) is 6.32. The number of carbonyl (C=O) groups is 1. The highest BCUT2D eigenvalue weighted by atomic mass is 16.5. The molecule has 0 bridgehead atoms. The minimum absolute atomic E-state index is 0.0926. The second-order valence-electron chi connectivity index (χ2n) is 6.96. The summed E-state index contributed by atoms with van der Waals surface area (Å²) in [5.74, 6) is 0.165. The van der Waals surface area contributed by atoms with Crippen LogP contribution in [-0.4, -0.2) is 17.1 Å². The maximum absolute atomic E-state index is 13.0. The lowest BCUT2D eigenvalue weighted by Crippen LogP contribution is -2.31. The minimum Gasteiger partial charge on any atom is -0.493 e. The maximum Gasteiger partial charge on any atom is 0.261 e. The molecule has 0 fully saturated rings. The Morgan fingerprint density at radius 2 is 1.96 bits per heavy atom. The van der Waals surface area contributed by atoms with Gasteiger partial charge < -0.3 is 14.6 Å². The average Bonchev–Trinajstić information content (AvgIpc) is 2.68. The number of carbonyl (C=O) groups excluding carboxylic acids is 1. The van der Waals surface area contributed by atoms with Crippen LogP contribution >= 0.6 is 0 Å². The average molecular weight is 368 g/mol. The van der Waals surface area contributed by atoms with E-state index in [1.165, 1.54) is 11.6 Å². The molecule has 1 aliphatic rings. The van der Waals surface area contributed by atoms with Gasteiger partial charge in [0.1, 0.15) is 11.3 Å². The van der Waals surface area contributed by atoms with Crippen LogP contribution in [0, 0.1) is 0 Å². The molecule has 1 aromatic heterocycles. The van der Waals surface area contributed by atoms with E-state index < -0.39 is 0 Å². The van der Waals surface area contributed by atoms with Gasteiger partial charge >= 0.3 is 0 Å². The maximum atomic E-state index is 13.0. The van der Waals surface area contributed by atoms with E-state index in [0.717, 1.165) is 49.9 Å². The van der Waals surface area contributed by atoms with E-state index >= 15 is 0 Å². The van der Waals surface area contributed by atoms with Gasteiger partial charge in [0.25, 0.3) is 11.5 Å². The number of anilines is 1. The lowest BCUT2D eigenvalue weighted by atomic mass is 10.0. The first kappa shape index (κ1) is 19.2. The summed E-state index contributed by atoms with van der Waals surface area (Å²) in [4.78, 5) is 25.4.